The van der Waals surface area contributed by atoms with Crippen LogP contribution >= 0.6 is 0 Å². The Morgan fingerprint density at radius 3 is 2.13 bits per heavy atom. The van der Waals surface area contributed by atoms with E-state index in [9.17, 15) is 18.0 Å². The van der Waals surface area contributed by atoms with Gasteiger partial charge < -0.3 is 10.1 Å². The summed E-state index contributed by atoms with van der Waals surface area (Å²) in [7, 11) is -2.94. The van der Waals surface area contributed by atoms with Crippen LogP contribution in [0.3, 0.4) is 0 Å². The van der Waals surface area contributed by atoms with Gasteiger partial charge in [-0.1, -0.05) is 18.2 Å². The van der Waals surface area contributed by atoms with E-state index in [4.69, 9.17) is 0 Å². The summed E-state index contributed by atoms with van der Waals surface area (Å²) >= 11 is 0. The Kier molecular flexibility index (Phi) is 4.97. The summed E-state index contributed by atoms with van der Waals surface area (Å²) in [6.45, 7) is 0. The molecule has 0 radical (unpaired) electrons. The fourth-order valence-electron chi connectivity index (χ4n) is 1.72. The second-order valence-electron chi connectivity index (χ2n) is 4.44. The molecule has 0 saturated carbocycles. The molecule has 0 spiro atoms. The second kappa shape index (κ2) is 6.93. The molecule has 0 unspecified atom stereocenters. The van der Waals surface area contributed by atoms with Gasteiger partial charge in [-0.3, -0.25) is 4.79 Å². The average molecular weight is 334 g/mol. The van der Waals surface area contributed by atoms with Crippen molar-refractivity contribution >= 4 is 27.7 Å². The number of carbonyl (C=O) groups is 2. The standard InChI is InChI=1S/C15H14N2O5S/c1-22-15(19)17-23(20,21)13-9-7-12(8-10-13)16-14(18)11-5-3-2-4-6-11/h2-10H,1H3,(H,16,18)(H,17,19). The zero-order chi connectivity index (χ0) is 16.9. The van der Waals surface area contributed by atoms with E-state index in [1.807, 2.05) is 0 Å². The molecule has 8 heteroatoms. The molecule has 2 N–H and O–H groups in total. The fraction of sp³-hybridized carbons (Fsp3) is 0.0667. The summed E-state index contributed by atoms with van der Waals surface area (Å²) in [5.41, 5.74) is 0.910. The number of rotatable bonds is 4. The third-order valence-corrected chi connectivity index (χ3v) is 4.19. The molecular weight excluding hydrogens is 320 g/mol. The quantitative estimate of drug-likeness (QED) is 0.890. The summed E-state index contributed by atoms with van der Waals surface area (Å²) in [6, 6.07) is 14.0. The Morgan fingerprint density at radius 1 is 0.957 bits per heavy atom. The summed E-state index contributed by atoms with van der Waals surface area (Å²) in [5, 5.41) is 2.64. The van der Waals surface area contributed by atoms with Gasteiger partial charge in [-0.05, 0) is 36.4 Å². The lowest BCUT2D eigenvalue weighted by Crippen LogP contribution is -2.30. The van der Waals surface area contributed by atoms with E-state index in [1.165, 1.54) is 24.3 Å². The van der Waals surface area contributed by atoms with Gasteiger partial charge >= 0.3 is 6.09 Å². The molecule has 0 aliphatic heterocycles. The fourth-order valence-corrected chi connectivity index (χ4v) is 2.64. The maximum atomic E-state index is 12.0. The molecule has 2 aromatic rings. The van der Waals surface area contributed by atoms with Crippen LogP contribution in [0.5, 0.6) is 0 Å². The van der Waals surface area contributed by atoms with Gasteiger partial charge in [0.25, 0.3) is 15.9 Å². The van der Waals surface area contributed by atoms with Crippen molar-refractivity contribution in [3.05, 3.63) is 60.2 Å². The van der Waals surface area contributed by atoms with Crippen molar-refractivity contribution in [2.24, 2.45) is 0 Å². The molecule has 2 rings (SSSR count). The first-order valence-electron chi connectivity index (χ1n) is 6.49. The molecular formula is C15H14N2O5S. The third-order valence-electron chi connectivity index (χ3n) is 2.86. The van der Waals surface area contributed by atoms with Gasteiger partial charge in [-0.2, -0.15) is 0 Å². The Balaban J connectivity index is 2.11. The molecule has 0 saturated heterocycles. The van der Waals surface area contributed by atoms with Crippen molar-refractivity contribution in [3.63, 3.8) is 0 Å². The van der Waals surface area contributed by atoms with Crippen molar-refractivity contribution in [1.82, 2.24) is 4.72 Å². The van der Waals surface area contributed by atoms with Gasteiger partial charge in [0, 0.05) is 11.3 Å². The highest BCUT2D eigenvalue weighted by atomic mass is 32.2. The summed E-state index contributed by atoms with van der Waals surface area (Å²) < 4.78 is 29.7. The first-order chi connectivity index (χ1) is 10.9. The smallest absolute Gasteiger partial charge is 0.420 e. The first-order valence-corrected chi connectivity index (χ1v) is 7.98. The molecule has 0 aliphatic carbocycles. The van der Waals surface area contributed by atoms with Crippen LogP contribution in [0, 0.1) is 0 Å². The van der Waals surface area contributed by atoms with Crippen molar-refractivity contribution in [2.45, 2.75) is 4.90 Å². The van der Waals surface area contributed by atoms with E-state index in [-0.39, 0.29) is 10.8 Å². The molecule has 120 valence electrons. The molecule has 23 heavy (non-hydrogen) atoms. The predicted octanol–water partition coefficient (Wildman–Crippen LogP) is 1.98. The molecule has 2 amide bonds. The Morgan fingerprint density at radius 2 is 1.57 bits per heavy atom. The number of hydrogen-bond donors (Lipinski definition) is 2. The van der Waals surface area contributed by atoms with Crippen LogP contribution in [0.1, 0.15) is 10.4 Å². The second-order valence-corrected chi connectivity index (χ2v) is 6.12. The van der Waals surface area contributed by atoms with E-state index < -0.39 is 16.1 Å². The summed E-state index contributed by atoms with van der Waals surface area (Å²) in [6.07, 6.45) is -1.08. The number of nitrogens with one attached hydrogen (secondary N) is 2. The van der Waals surface area contributed by atoms with Crippen molar-refractivity contribution < 1.29 is 22.7 Å². The number of ether oxygens (including phenoxy) is 1. The monoisotopic (exact) mass is 334 g/mol. The lowest BCUT2D eigenvalue weighted by molar-refractivity contribution is 0.102. The van der Waals surface area contributed by atoms with Gasteiger partial charge in [0.15, 0.2) is 0 Å². The normalized spacial score (nSPS) is 10.7. The molecule has 0 bridgehead atoms. The van der Waals surface area contributed by atoms with Gasteiger partial charge in [0.1, 0.15) is 0 Å². The number of amides is 2. The van der Waals surface area contributed by atoms with E-state index >= 15 is 0 Å². The van der Waals surface area contributed by atoms with Crippen LogP contribution in [0.15, 0.2) is 59.5 Å². The zero-order valence-corrected chi connectivity index (χ0v) is 13.0. The SMILES string of the molecule is COC(=O)NS(=O)(=O)c1ccc(NC(=O)c2ccccc2)cc1. The summed E-state index contributed by atoms with van der Waals surface area (Å²) in [4.78, 5) is 22.9. The van der Waals surface area contributed by atoms with Crippen LogP contribution in [-0.4, -0.2) is 27.5 Å². The number of methoxy groups -OCH3 is 1. The predicted molar refractivity (Wildman–Crippen MR) is 83.6 cm³/mol. The van der Waals surface area contributed by atoms with Crippen molar-refractivity contribution in [3.8, 4) is 0 Å². The number of benzene rings is 2. The molecule has 0 heterocycles. The van der Waals surface area contributed by atoms with E-state index in [0.717, 1.165) is 7.11 Å². The first kappa shape index (κ1) is 16.5. The lowest BCUT2D eigenvalue weighted by atomic mass is 10.2. The van der Waals surface area contributed by atoms with Crippen LogP contribution in [0.25, 0.3) is 0 Å². The van der Waals surface area contributed by atoms with E-state index in [2.05, 4.69) is 10.1 Å². The van der Waals surface area contributed by atoms with Gasteiger partial charge in [0.05, 0.1) is 12.0 Å². The van der Waals surface area contributed by atoms with E-state index in [1.54, 1.807) is 35.1 Å². The minimum atomic E-state index is -4.01. The largest absolute Gasteiger partial charge is 0.452 e. The highest BCUT2D eigenvalue weighted by molar-refractivity contribution is 7.90. The number of hydrogen-bond acceptors (Lipinski definition) is 5. The molecule has 7 nitrogen and oxygen atoms in total. The van der Waals surface area contributed by atoms with E-state index in [0.29, 0.717) is 11.3 Å². The number of sulfonamides is 1. The topological polar surface area (TPSA) is 102 Å². The van der Waals surface area contributed by atoms with Gasteiger partial charge in [-0.15, -0.1) is 0 Å². The molecule has 0 fully saturated rings. The van der Waals surface area contributed by atoms with Crippen molar-refractivity contribution in [1.29, 1.82) is 0 Å². The molecule has 0 aromatic heterocycles. The Bertz CT molecular complexity index is 802. The highest BCUT2D eigenvalue weighted by Crippen LogP contribution is 2.15. The molecule has 0 atom stereocenters. The minimum Gasteiger partial charge on any atom is -0.452 e. The average Bonchev–Trinajstić information content (AvgIpc) is 2.55. The van der Waals surface area contributed by atoms with Crippen LogP contribution in [-0.2, 0) is 14.8 Å². The number of anilines is 1. The zero-order valence-electron chi connectivity index (χ0n) is 12.1. The van der Waals surface area contributed by atoms with Gasteiger partial charge in [-0.25, -0.2) is 17.9 Å². The lowest BCUT2D eigenvalue weighted by Gasteiger charge is -2.08. The van der Waals surface area contributed by atoms with Crippen LogP contribution in [0.4, 0.5) is 10.5 Å². The minimum absolute atomic E-state index is 0.124. The van der Waals surface area contributed by atoms with Gasteiger partial charge in [0.2, 0.25) is 0 Å². The Hall–Kier alpha value is -2.87. The van der Waals surface area contributed by atoms with Crippen LogP contribution in [0.2, 0.25) is 0 Å². The maximum Gasteiger partial charge on any atom is 0.420 e. The third kappa shape index (κ3) is 4.30. The molecule has 0 aliphatic rings. The van der Waals surface area contributed by atoms with Crippen LogP contribution < -0.4 is 10.0 Å². The number of carbonyl (C=O) groups excluding carboxylic acids is 2. The van der Waals surface area contributed by atoms with Crippen molar-refractivity contribution in [2.75, 3.05) is 12.4 Å². The molecule has 2 aromatic carbocycles. The highest BCUT2D eigenvalue weighted by Gasteiger charge is 2.17. The summed E-state index contributed by atoms with van der Waals surface area (Å²) in [5.74, 6) is -0.311. The Labute approximate surface area is 133 Å². The maximum absolute atomic E-state index is 12.0.